The molecule has 1 unspecified atom stereocenters. The average Bonchev–Trinajstić information content (AvgIpc) is 2.07. The van der Waals surface area contributed by atoms with Gasteiger partial charge in [0.05, 0.1) is 6.54 Å². The van der Waals surface area contributed by atoms with Gasteiger partial charge in [-0.05, 0) is 19.8 Å². The van der Waals surface area contributed by atoms with E-state index >= 15 is 0 Å². The molecule has 0 aromatic heterocycles. The zero-order chi connectivity index (χ0) is 9.40. The maximum atomic E-state index is 3.41. The first-order chi connectivity index (χ1) is 5.76. The first-order valence-corrected chi connectivity index (χ1v) is 4.89. The third-order valence-electron chi connectivity index (χ3n) is 2.45. The molecule has 0 radical (unpaired) electrons. The quantitative estimate of drug-likeness (QED) is 0.620. The Morgan fingerprint density at radius 1 is 1.25 bits per heavy atom. The van der Waals surface area contributed by atoms with E-state index in [4.69, 9.17) is 0 Å². The monoisotopic (exact) mass is 167 g/mol. The van der Waals surface area contributed by atoms with Crippen molar-refractivity contribution in [3.05, 3.63) is 0 Å². The van der Waals surface area contributed by atoms with Gasteiger partial charge >= 0.3 is 0 Å². The van der Waals surface area contributed by atoms with Gasteiger partial charge in [-0.1, -0.05) is 32.6 Å². The molecule has 0 aromatic carbocycles. The molecule has 0 aliphatic rings. The largest absolute Gasteiger partial charge is 0.303 e. The Kier molecular flexibility index (Phi) is 6.90. The molecule has 1 N–H and O–H groups in total. The van der Waals surface area contributed by atoms with Crippen LogP contribution < -0.4 is 5.32 Å². The Morgan fingerprint density at radius 2 is 1.83 bits per heavy atom. The second kappa shape index (κ2) is 7.18. The smallest absolute Gasteiger partial charge is 0.0578 e. The molecule has 0 aliphatic carbocycles. The maximum Gasteiger partial charge on any atom is 0.0578 e. The van der Waals surface area contributed by atoms with Crippen molar-refractivity contribution in [3.8, 4) is 11.8 Å². The van der Waals surface area contributed by atoms with E-state index in [1.54, 1.807) is 0 Å². The Balaban J connectivity index is 3.65. The van der Waals surface area contributed by atoms with Crippen molar-refractivity contribution >= 4 is 0 Å². The van der Waals surface area contributed by atoms with E-state index in [-0.39, 0.29) is 0 Å². The fourth-order valence-electron chi connectivity index (χ4n) is 1.46. The van der Waals surface area contributed by atoms with Crippen LogP contribution in [0, 0.1) is 17.8 Å². The topological polar surface area (TPSA) is 12.0 Å². The summed E-state index contributed by atoms with van der Waals surface area (Å²) in [5, 5.41) is 3.41. The van der Waals surface area contributed by atoms with E-state index in [0.717, 1.165) is 12.5 Å². The fraction of sp³-hybridized carbons (Fsp3) is 0.818. The average molecular weight is 167 g/mol. The molecule has 70 valence electrons. The van der Waals surface area contributed by atoms with Crippen molar-refractivity contribution in [1.29, 1.82) is 0 Å². The molecule has 0 aliphatic heterocycles. The summed E-state index contributed by atoms with van der Waals surface area (Å²) in [6.07, 6.45) is 2.51. The van der Waals surface area contributed by atoms with Crippen LogP contribution in [0.1, 0.15) is 40.5 Å². The third kappa shape index (κ3) is 4.41. The highest BCUT2D eigenvalue weighted by Gasteiger charge is 2.11. The minimum absolute atomic E-state index is 0.598. The Labute approximate surface area is 76.9 Å². The van der Waals surface area contributed by atoms with E-state index in [2.05, 4.69) is 37.9 Å². The first-order valence-electron chi connectivity index (χ1n) is 4.89. The fourth-order valence-corrected chi connectivity index (χ4v) is 1.46. The zero-order valence-corrected chi connectivity index (χ0v) is 8.78. The van der Waals surface area contributed by atoms with Gasteiger partial charge in [-0.3, -0.25) is 0 Å². The number of hydrogen-bond donors (Lipinski definition) is 1. The van der Waals surface area contributed by atoms with Crippen LogP contribution >= 0.6 is 0 Å². The van der Waals surface area contributed by atoms with E-state index in [9.17, 15) is 0 Å². The molecule has 12 heavy (non-hydrogen) atoms. The number of hydrogen-bond acceptors (Lipinski definition) is 1. The van der Waals surface area contributed by atoms with Crippen LogP contribution in [0.25, 0.3) is 0 Å². The summed E-state index contributed by atoms with van der Waals surface area (Å²) in [7, 11) is 0. The number of nitrogens with one attached hydrogen (secondary N) is 1. The van der Waals surface area contributed by atoms with Crippen LogP contribution in [-0.4, -0.2) is 12.6 Å². The lowest BCUT2D eigenvalue weighted by molar-refractivity contribution is 0.366. The second-order valence-corrected chi connectivity index (χ2v) is 3.17. The van der Waals surface area contributed by atoms with Gasteiger partial charge in [0.15, 0.2) is 0 Å². The first kappa shape index (κ1) is 11.5. The molecule has 0 saturated carbocycles. The lowest BCUT2D eigenvalue weighted by Crippen LogP contribution is -2.33. The molecule has 0 bridgehead atoms. The molecule has 1 atom stereocenters. The zero-order valence-electron chi connectivity index (χ0n) is 8.78. The Morgan fingerprint density at radius 3 is 2.25 bits per heavy atom. The van der Waals surface area contributed by atoms with Crippen molar-refractivity contribution in [2.75, 3.05) is 6.54 Å². The van der Waals surface area contributed by atoms with E-state index in [1.807, 2.05) is 6.92 Å². The van der Waals surface area contributed by atoms with Gasteiger partial charge in [-0.2, -0.15) is 0 Å². The summed E-state index contributed by atoms with van der Waals surface area (Å²) in [6, 6.07) is 0.598. The van der Waals surface area contributed by atoms with Crippen molar-refractivity contribution in [1.82, 2.24) is 5.32 Å². The standard InChI is InChI=1S/C11H21N/c1-5-8-9-12-10(4)11(6-2)7-3/h10-12H,6-7,9H2,1-4H3. The molecule has 0 rings (SSSR count). The molecular formula is C11H21N. The predicted molar refractivity (Wildman–Crippen MR) is 55.0 cm³/mol. The maximum absolute atomic E-state index is 3.41. The van der Waals surface area contributed by atoms with Crippen molar-refractivity contribution in [2.24, 2.45) is 5.92 Å². The highest BCUT2D eigenvalue weighted by molar-refractivity contribution is 4.97. The van der Waals surface area contributed by atoms with Gasteiger partial charge in [-0.25, -0.2) is 0 Å². The molecule has 0 heterocycles. The van der Waals surface area contributed by atoms with Crippen molar-refractivity contribution in [3.63, 3.8) is 0 Å². The van der Waals surface area contributed by atoms with Gasteiger partial charge in [0.2, 0.25) is 0 Å². The lowest BCUT2D eigenvalue weighted by atomic mass is 9.96. The van der Waals surface area contributed by atoms with Crippen LogP contribution in [0.15, 0.2) is 0 Å². The van der Waals surface area contributed by atoms with Crippen molar-refractivity contribution < 1.29 is 0 Å². The molecule has 1 nitrogen and oxygen atoms in total. The normalized spacial score (nSPS) is 12.4. The van der Waals surface area contributed by atoms with Crippen LogP contribution in [0.2, 0.25) is 0 Å². The summed E-state index contributed by atoms with van der Waals surface area (Å²) in [6.45, 7) is 9.45. The summed E-state index contributed by atoms with van der Waals surface area (Å²) in [5.74, 6) is 6.70. The van der Waals surface area contributed by atoms with Crippen LogP contribution in [0.3, 0.4) is 0 Å². The summed E-state index contributed by atoms with van der Waals surface area (Å²) < 4.78 is 0. The van der Waals surface area contributed by atoms with Crippen LogP contribution in [0.4, 0.5) is 0 Å². The van der Waals surface area contributed by atoms with Gasteiger partial charge in [-0.15, -0.1) is 5.92 Å². The van der Waals surface area contributed by atoms with Gasteiger partial charge in [0.1, 0.15) is 0 Å². The SMILES string of the molecule is CC#CCNC(C)C(CC)CC. The van der Waals surface area contributed by atoms with E-state index in [1.165, 1.54) is 12.8 Å². The van der Waals surface area contributed by atoms with Gasteiger partial charge < -0.3 is 5.32 Å². The minimum atomic E-state index is 0.598. The summed E-state index contributed by atoms with van der Waals surface area (Å²) in [5.41, 5.74) is 0. The molecule has 0 amide bonds. The van der Waals surface area contributed by atoms with Crippen LogP contribution in [-0.2, 0) is 0 Å². The number of rotatable bonds is 5. The summed E-state index contributed by atoms with van der Waals surface area (Å²) in [4.78, 5) is 0. The highest BCUT2D eigenvalue weighted by Crippen LogP contribution is 2.11. The molecule has 0 aromatic rings. The van der Waals surface area contributed by atoms with Crippen LogP contribution in [0.5, 0.6) is 0 Å². The summed E-state index contributed by atoms with van der Waals surface area (Å²) >= 11 is 0. The molecule has 0 spiro atoms. The lowest BCUT2D eigenvalue weighted by Gasteiger charge is -2.21. The molecule has 1 heteroatoms. The van der Waals surface area contributed by atoms with E-state index < -0.39 is 0 Å². The van der Waals surface area contributed by atoms with E-state index in [0.29, 0.717) is 6.04 Å². The van der Waals surface area contributed by atoms with Gasteiger partial charge in [0, 0.05) is 6.04 Å². The third-order valence-corrected chi connectivity index (χ3v) is 2.45. The minimum Gasteiger partial charge on any atom is -0.303 e. The van der Waals surface area contributed by atoms with Gasteiger partial charge in [0.25, 0.3) is 0 Å². The van der Waals surface area contributed by atoms with Crippen molar-refractivity contribution in [2.45, 2.75) is 46.6 Å². The predicted octanol–water partition coefficient (Wildman–Crippen LogP) is 2.42. The Bertz CT molecular complexity index is 148. The molecular weight excluding hydrogens is 146 g/mol. The second-order valence-electron chi connectivity index (χ2n) is 3.17. The highest BCUT2D eigenvalue weighted by atomic mass is 14.9. The molecule has 0 fully saturated rings. The molecule has 0 saturated heterocycles. The Hall–Kier alpha value is -0.480.